The van der Waals surface area contributed by atoms with Crippen LogP contribution >= 0.6 is 0 Å². The van der Waals surface area contributed by atoms with Gasteiger partial charge < -0.3 is 5.32 Å². The van der Waals surface area contributed by atoms with Crippen LogP contribution in [0.1, 0.15) is 49.7 Å². The normalized spacial score (nSPS) is 34.4. The van der Waals surface area contributed by atoms with Gasteiger partial charge in [-0.25, -0.2) is 0 Å². The van der Waals surface area contributed by atoms with Crippen LogP contribution in [0.2, 0.25) is 0 Å². The Morgan fingerprint density at radius 2 is 1.62 bits per heavy atom. The Morgan fingerprint density at radius 3 is 2.08 bits per heavy atom. The Kier molecular flexibility index (Phi) is 3.49. The summed E-state index contributed by atoms with van der Waals surface area (Å²) in [6.45, 7) is 1.77. The second-order valence-corrected chi connectivity index (χ2v) is 8.18. The van der Waals surface area contributed by atoms with Crippen molar-refractivity contribution in [3.63, 3.8) is 0 Å². The van der Waals surface area contributed by atoms with Crippen molar-refractivity contribution in [3.05, 3.63) is 29.3 Å². The van der Waals surface area contributed by atoms with Crippen LogP contribution in [0, 0.1) is 24.7 Å². The Balaban J connectivity index is 1.60. The summed E-state index contributed by atoms with van der Waals surface area (Å²) in [6, 6.07) is 5.58. The number of benzene rings is 1. The largest absolute Gasteiger partial charge is 0.471 e. The minimum absolute atomic E-state index is 0.214. The second kappa shape index (κ2) is 5.24. The summed E-state index contributed by atoms with van der Waals surface area (Å²) < 4.78 is 37.3. The van der Waals surface area contributed by atoms with Crippen LogP contribution in [0.25, 0.3) is 0 Å². The number of hydrogen-bond acceptors (Lipinski definition) is 1. The number of carbonyl (C=O) groups excluding carboxylic acids is 1. The van der Waals surface area contributed by atoms with Crippen LogP contribution in [-0.2, 0) is 10.2 Å². The number of rotatable bonds is 2. The summed E-state index contributed by atoms with van der Waals surface area (Å²) in [5.41, 5.74) is 2.43. The van der Waals surface area contributed by atoms with Gasteiger partial charge in [-0.15, -0.1) is 0 Å². The van der Waals surface area contributed by atoms with E-state index in [1.54, 1.807) is 13.0 Å². The number of amides is 1. The summed E-state index contributed by atoms with van der Waals surface area (Å²) in [6.07, 6.45) is 2.87. The molecule has 2 nitrogen and oxygen atoms in total. The van der Waals surface area contributed by atoms with Crippen molar-refractivity contribution in [1.29, 1.82) is 0 Å². The van der Waals surface area contributed by atoms with Gasteiger partial charge in [0.2, 0.25) is 0 Å². The van der Waals surface area contributed by atoms with E-state index in [0.717, 1.165) is 17.8 Å². The molecule has 1 aromatic rings. The Bertz CT molecular complexity index is 644. The molecule has 4 fully saturated rings. The van der Waals surface area contributed by atoms with Crippen LogP contribution in [-0.4, -0.2) is 12.1 Å². The molecule has 4 saturated carbocycles. The van der Waals surface area contributed by atoms with Crippen molar-refractivity contribution in [1.82, 2.24) is 0 Å². The molecule has 4 bridgehead atoms. The lowest BCUT2D eigenvalue weighted by Crippen LogP contribution is -2.48. The van der Waals surface area contributed by atoms with Crippen molar-refractivity contribution in [2.75, 3.05) is 5.32 Å². The molecule has 24 heavy (non-hydrogen) atoms. The van der Waals surface area contributed by atoms with Crippen LogP contribution < -0.4 is 5.32 Å². The predicted molar refractivity (Wildman–Crippen MR) is 85.7 cm³/mol. The molecule has 0 unspecified atom stereocenters. The predicted octanol–water partition coefficient (Wildman–Crippen LogP) is 4.96. The fourth-order valence-corrected chi connectivity index (χ4v) is 5.79. The lowest BCUT2D eigenvalue weighted by molar-refractivity contribution is -0.167. The monoisotopic (exact) mass is 337 g/mol. The molecule has 4 aliphatic carbocycles. The van der Waals surface area contributed by atoms with Crippen LogP contribution in [0.3, 0.4) is 0 Å². The summed E-state index contributed by atoms with van der Waals surface area (Å²) in [5.74, 6) is 0.552. The van der Waals surface area contributed by atoms with Gasteiger partial charge in [0.05, 0.1) is 0 Å². The number of halogens is 3. The highest BCUT2D eigenvalue weighted by Gasteiger charge is 2.51. The molecule has 0 aliphatic heterocycles. The Labute approximate surface area is 139 Å². The molecular formula is C19H22F3NO. The first-order valence-electron chi connectivity index (χ1n) is 8.74. The zero-order chi connectivity index (χ0) is 17.1. The van der Waals surface area contributed by atoms with Gasteiger partial charge in [0.1, 0.15) is 0 Å². The maximum absolute atomic E-state index is 12.4. The third kappa shape index (κ3) is 2.62. The standard InChI is InChI=1S/C19H22F3NO/c1-11-4-15(2-3-16(11)23-17(24)19(20,21)22)18-8-12-5-13(9-18)7-14(6-12)10-18/h2-4,12-14H,5-10H2,1H3,(H,23,24). The fraction of sp³-hybridized carbons (Fsp3) is 0.632. The molecule has 1 aromatic carbocycles. The first-order valence-corrected chi connectivity index (χ1v) is 8.74. The van der Waals surface area contributed by atoms with E-state index in [4.69, 9.17) is 0 Å². The third-order valence-corrected chi connectivity index (χ3v) is 6.38. The molecule has 5 heteroatoms. The first kappa shape index (κ1) is 16.0. The molecule has 0 aromatic heterocycles. The fourth-order valence-electron chi connectivity index (χ4n) is 5.79. The highest BCUT2D eigenvalue weighted by Crippen LogP contribution is 2.60. The number of anilines is 1. The van der Waals surface area contributed by atoms with Gasteiger partial charge in [0.15, 0.2) is 0 Å². The first-order chi connectivity index (χ1) is 11.2. The van der Waals surface area contributed by atoms with E-state index in [9.17, 15) is 18.0 Å². The average Bonchev–Trinajstić information content (AvgIpc) is 2.46. The van der Waals surface area contributed by atoms with E-state index in [1.807, 2.05) is 17.4 Å². The maximum atomic E-state index is 12.4. The second-order valence-electron chi connectivity index (χ2n) is 8.18. The number of aryl methyl sites for hydroxylation is 1. The van der Waals surface area contributed by atoms with Crippen molar-refractivity contribution in [2.45, 2.75) is 57.0 Å². The zero-order valence-electron chi connectivity index (χ0n) is 13.7. The topological polar surface area (TPSA) is 29.1 Å². The van der Waals surface area contributed by atoms with Gasteiger partial charge in [-0.05, 0) is 85.8 Å². The summed E-state index contributed by atoms with van der Waals surface area (Å²) in [4.78, 5) is 11.2. The molecule has 0 heterocycles. The van der Waals surface area contributed by atoms with Gasteiger partial charge >= 0.3 is 12.1 Å². The van der Waals surface area contributed by atoms with E-state index >= 15 is 0 Å². The van der Waals surface area contributed by atoms with Crippen LogP contribution in [0.4, 0.5) is 18.9 Å². The number of hydrogen-bond donors (Lipinski definition) is 1. The van der Waals surface area contributed by atoms with Gasteiger partial charge in [0.25, 0.3) is 0 Å². The van der Waals surface area contributed by atoms with Gasteiger partial charge in [-0.2, -0.15) is 13.2 Å². The number of nitrogens with one attached hydrogen (secondary N) is 1. The van der Waals surface area contributed by atoms with Gasteiger partial charge in [0, 0.05) is 5.69 Å². The molecule has 5 rings (SSSR count). The van der Waals surface area contributed by atoms with E-state index in [2.05, 4.69) is 0 Å². The van der Waals surface area contributed by atoms with Crippen molar-refractivity contribution >= 4 is 11.6 Å². The van der Waals surface area contributed by atoms with E-state index in [0.29, 0.717) is 5.56 Å². The van der Waals surface area contributed by atoms with Crippen LogP contribution in [0.5, 0.6) is 0 Å². The lowest BCUT2D eigenvalue weighted by Gasteiger charge is -2.57. The van der Waals surface area contributed by atoms with E-state index < -0.39 is 12.1 Å². The molecule has 1 amide bonds. The number of alkyl halides is 3. The quantitative estimate of drug-likeness (QED) is 0.811. The SMILES string of the molecule is Cc1cc(C23CC4CC(CC(C4)C2)C3)ccc1NC(=O)C(F)(F)F. The minimum Gasteiger partial charge on any atom is -0.318 e. The Morgan fingerprint density at radius 1 is 1.08 bits per heavy atom. The lowest BCUT2D eigenvalue weighted by atomic mass is 9.48. The molecule has 0 radical (unpaired) electrons. The molecule has 0 spiro atoms. The molecule has 0 atom stereocenters. The smallest absolute Gasteiger partial charge is 0.318 e. The molecule has 1 N–H and O–H groups in total. The zero-order valence-corrected chi connectivity index (χ0v) is 13.7. The highest BCUT2D eigenvalue weighted by molar-refractivity contribution is 5.95. The molecular weight excluding hydrogens is 315 g/mol. The van der Waals surface area contributed by atoms with Gasteiger partial charge in [-0.3, -0.25) is 4.79 Å². The maximum Gasteiger partial charge on any atom is 0.471 e. The number of carbonyl (C=O) groups is 1. The average molecular weight is 337 g/mol. The molecule has 130 valence electrons. The molecule has 4 aliphatic rings. The van der Waals surface area contributed by atoms with Crippen molar-refractivity contribution in [3.8, 4) is 0 Å². The van der Waals surface area contributed by atoms with Crippen molar-refractivity contribution < 1.29 is 18.0 Å². The van der Waals surface area contributed by atoms with E-state index in [1.165, 1.54) is 44.1 Å². The van der Waals surface area contributed by atoms with E-state index in [-0.39, 0.29) is 11.1 Å². The minimum atomic E-state index is -4.86. The summed E-state index contributed by atoms with van der Waals surface area (Å²) >= 11 is 0. The summed E-state index contributed by atoms with van der Waals surface area (Å²) in [7, 11) is 0. The third-order valence-electron chi connectivity index (χ3n) is 6.38. The Hall–Kier alpha value is -1.52. The van der Waals surface area contributed by atoms with Crippen LogP contribution in [0.15, 0.2) is 18.2 Å². The summed E-state index contributed by atoms with van der Waals surface area (Å²) in [5, 5.41) is 1.99. The van der Waals surface area contributed by atoms with Gasteiger partial charge in [-0.1, -0.05) is 12.1 Å². The molecule has 0 saturated heterocycles. The highest BCUT2D eigenvalue weighted by atomic mass is 19.4. The van der Waals surface area contributed by atoms with Crippen molar-refractivity contribution in [2.24, 2.45) is 17.8 Å².